The second-order valence-corrected chi connectivity index (χ2v) is 3.84. The number of nitriles is 1. The summed E-state index contributed by atoms with van der Waals surface area (Å²) in [6.45, 7) is 2.08. The first kappa shape index (κ1) is 16.0. The predicted octanol–water partition coefficient (Wildman–Crippen LogP) is 1.85. The van der Waals surface area contributed by atoms with Gasteiger partial charge in [0.1, 0.15) is 11.9 Å². The average Bonchev–Trinajstić information content (AvgIpc) is 2.31. The fraction of sp³-hybridized carbons (Fsp3) is 0.455. The molecule has 4 nitrogen and oxygen atoms in total. The van der Waals surface area contributed by atoms with Crippen LogP contribution in [0, 0.1) is 11.3 Å². The van der Waals surface area contributed by atoms with Gasteiger partial charge < -0.3 is 11.1 Å². The number of pyridine rings is 1. The normalized spacial score (nSPS) is 15.2. The molecule has 94 valence electrons. The van der Waals surface area contributed by atoms with Gasteiger partial charge in [0, 0.05) is 6.20 Å². The van der Waals surface area contributed by atoms with Gasteiger partial charge in [-0.15, -0.1) is 24.8 Å². The van der Waals surface area contributed by atoms with Crippen LogP contribution in [0.1, 0.15) is 29.9 Å². The summed E-state index contributed by atoms with van der Waals surface area (Å²) in [7, 11) is 0. The van der Waals surface area contributed by atoms with Crippen molar-refractivity contribution in [1.29, 1.82) is 5.26 Å². The Labute approximate surface area is 113 Å². The molecule has 6 heteroatoms. The molecular weight excluding hydrogens is 259 g/mol. The van der Waals surface area contributed by atoms with Crippen molar-refractivity contribution >= 4 is 30.6 Å². The summed E-state index contributed by atoms with van der Waals surface area (Å²) in [6.07, 6.45) is 4.01. The lowest BCUT2D eigenvalue weighted by Crippen LogP contribution is -2.26. The smallest absolute Gasteiger partial charge is 0.141 e. The summed E-state index contributed by atoms with van der Waals surface area (Å²) in [5, 5.41) is 12.2. The van der Waals surface area contributed by atoms with Gasteiger partial charge in [-0.1, -0.05) is 0 Å². The standard InChI is InChI=1S/C11H14N4.2ClH/c12-6-9-5-10(7-15-11(9)13)8-1-3-14-4-2-8;;/h5,7-8,14H,1-4H2,(H2,13,15);2*1H. The predicted molar refractivity (Wildman–Crippen MR) is 72.7 cm³/mol. The minimum Gasteiger partial charge on any atom is -0.383 e. The fourth-order valence-electron chi connectivity index (χ4n) is 1.96. The Balaban J connectivity index is 0.00000128. The van der Waals surface area contributed by atoms with E-state index in [-0.39, 0.29) is 24.8 Å². The highest BCUT2D eigenvalue weighted by Crippen LogP contribution is 2.26. The van der Waals surface area contributed by atoms with Crippen LogP contribution >= 0.6 is 24.8 Å². The van der Waals surface area contributed by atoms with E-state index in [1.54, 1.807) is 6.20 Å². The summed E-state index contributed by atoms with van der Waals surface area (Å²) in [5.74, 6) is 0.849. The van der Waals surface area contributed by atoms with Crippen LogP contribution in [0.15, 0.2) is 12.3 Å². The van der Waals surface area contributed by atoms with Crippen LogP contribution in [0.2, 0.25) is 0 Å². The fourth-order valence-corrected chi connectivity index (χ4v) is 1.96. The maximum atomic E-state index is 8.86. The lowest BCUT2D eigenvalue weighted by atomic mass is 9.91. The Hall–Kier alpha value is -1.02. The zero-order valence-corrected chi connectivity index (χ0v) is 11.0. The van der Waals surface area contributed by atoms with Crippen molar-refractivity contribution in [2.45, 2.75) is 18.8 Å². The number of rotatable bonds is 1. The highest BCUT2D eigenvalue weighted by Gasteiger charge is 2.16. The molecule has 1 aromatic rings. The molecule has 3 N–H and O–H groups in total. The molecule has 17 heavy (non-hydrogen) atoms. The van der Waals surface area contributed by atoms with Gasteiger partial charge in [0.2, 0.25) is 0 Å². The SMILES string of the molecule is Cl.Cl.N#Cc1cc(C2CCNCC2)cnc1N. The summed E-state index contributed by atoms with van der Waals surface area (Å²) >= 11 is 0. The summed E-state index contributed by atoms with van der Waals surface area (Å²) in [5.41, 5.74) is 7.22. The van der Waals surface area contributed by atoms with Crippen LogP contribution in [0.3, 0.4) is 0 Å². The zero-order chi connectivity index (χ0) is 10.7. The van der Waals surface area contributed by atoms with E-state index in [2.05, 4.69) is 16.4 Å². The van der Waals surface area contributed by atoms with Gasteiger partial charge in [-0.2, -0.15) is 5.26 Å². The van der Waals surface area contributed by atoms with Crippen molar-refractivity contribution in [3.05, 3.63) is 23.4 Å². The van der Waals surface area contributed by atoms with E-state index < -0.39 is 0 Å². The highest BCUT2D eigenvalue weighted by atomic mass is 35.5. The van der Waals surface area contributed by atoms with Crippen LogP contribution < -0.4 is 11.1 Å². The molecule has 0 saturated carbocycles. The molecule has 1 fully saturated rings. The van der Waals surface area contributed by atoms with Gasteiger partial charge in [0.25, 0.3) is 0 Å². The highest BCUT2D eigenvalue weighted by molar-refractivity contribution is 5.85. The minimum atomic E-state index is 0. The molecule has 0 aliphatic carbocycles. The maximum Gasteiger partial charge on any atom is 0.141 e. The molecule has 0 amide bonds. The Morgan fingerprint density at radius 1 is 1.35 bits per heavy atom. The van der Waals surface area contributed by atoms with E-state index in [9.17, 15) is 0 Å². The first-order valence-electron chi connectivity index (χ1n) is 5.17. The number of nitrogens with zero attached hydrogens (tertiary/aromatic N) is 2. The molecule has 0 atom stereocenters. The van der Waals surface area contributed by atoms with Crippen LogP contribution in [0.4, 0.5) is 5.82 Å². The van der Waals surface area contributed by atoms with E-state index in [1.165, 1.54) is 0 Å². The van der Waals surface area contributed by atoms with Crippen molar-refractivity contribution in [3.63, 3.8) is 0 Å². The average molecular weight is 275 g/mol. The number of anilines is 1. The van der Waals surface area contributed by atoms with Gasteiger partial charge in [-0.05, 0) is 43.5 Å². The molecule has 1 aromatic heterocycles. The van der Waals surface area contributed by atoms with Crippen LogP contribution in [0.25, 0.3) is 0 Å². The van der Waals surface area contributed by atoms with Crippen molar-refractivity contribution in [2.24, 2.45) is 0 Å². The van der Waals surface area contributed by atoms with Crippen LogP contribution in [-0.4, -0.2) is 18.1 Å². The number of piperidine rings is 1. The summed E-state index contributed by atoms with van der Waals surface area (Å²) in [6, 6.07) is 3.94. The number of nitrogens with one attached hydrogen (secondary N) is 1. The third-order valence-corrected chi connectivity index (χ3v) is 2.87. The molecule has 1 aliphatic heterocycles. The molecular formula is C11H16Cl2N4. The van der Waals surface area contributed by atoms with Gasteiger partial charge in [-0.3, -0.25) is 0 Å². The molecule has 2 rings (SSSR count). The van der Waals surface area contributed by atoms with Crippen molar-refractivity contribution in [2.75, 3.05) is 18.8 Å². The first-order valence-corrected chi connectivity index (χ1v) is 5.17. The molecule has 0 aromatic carbocycles. The van der Waals surface area contributed by atoms with E-state index in [1.807, 2.05) is 6.07 Å². The first-order chi connectivity index (χ1) is 7.31. The number of hydrogen-bond donors (Lipinski definition) is 2. The largest absolute Gasteiger partial charge is 0.383 e. The van der Waals surface area contributed by atoms with Gasteiger partial charge in [-0.25, -0.2) is 4.98 Å². The van der Waals surface area contributed by atoms with Gasteiger partial charge in [0.05, 0.1) is 5.56 Å². The quantitative estimate of drug-likeness (QED) is 0.820. The molecule has 1 aliphatic rings. The Bertz CT molecular complexity index is 397. The van der Waals surface area contributed by atoms with Crippen LogP contribution in [-0.2, 0) is 0 Å². The second-order valence-electron chi connectivity index (χ2n) is 3.84. The molecule has 0 unspecified atom stereocenters. The zero-order valence-electron chi connectivity index (χ0n) is 9.35. The number of halogens is 2. The number of hydrogen-bond acceptors (Lipinski definition) is 4. The molecule has 0 bridgehead atoms. The Kier molecular flexibility index (Phi) is 6.89. The van der Waals surface area contributed by atoms with Gasteiger partial charge >= 0.3 is 0 Å². The van der Waals surface area contributed by atoms with Crippen molar-refractivity contribution in [3.8, 4) is 6.07 Å². The third-order valence-electron chi connectivity index (χ3n) is 2.87. The van der Waals surface area contributed by atoms with E-state index in [0.29, 0.717) is 17.3 Å². The van der Waals surface area contributed by atoms with E-state index in [0.717, 1.165) is 31.5 Å². The minimum absolute atomic E-state index is 0. The number of nitrogens with two attached hydrogens (primary N) is 1. The number of nitrogen functional groups attached to an aromatic ring is 1. The topological polar surface area (TPSA) is 74.7 Å². The van der Waals surface area contributed by atoms with Crippen LogP contribution in [0.5, 0.6) is 0 Å². The summed E-state index contributed by atoms with van der Waals surface area (Å²) < 4.78 is 0. The van der Waals surface area contributed by atoms with Gasteiger partial charge in [0.15, 0.2) is 0 Å². The monoisotopic (exact) mass is 274 g/mol. The van der Waals surface area contributed by atoms with E-state index >= 15 is 0 Å². The van der Waals surface area contributed by atoms with Crippen molar-refractivity contribution < 1.29 is 0 Å². The molecule has 0 radical (unpaired) electrons. The molecule has 1 saturated heterocycles. The Morgan fingerprint density at radius 3 is 2.59 bits per heavy atom. The number of aromatic nitrogens is 1. The third kappa shape index (κ3) is 3.74. The lowest BCUT2D eigenvalue weighted by molar-refractivity contribution is 0.459. The Morgan fingerprint density at radius 2 is 2.00 bits per heavy atom. The molecule has 2 heterocycles. The van der Waals surface area contributed by atoms with E-state index in [4.69, 9.17) is 11.0 Å². The van der Waals surface area contributed by atoms with Crippen molar-refractivity contribution in [1.82, 2.24) is 10.3 Å². The lowest BCUT2D eigenvalue weighted by Gasteiger charge is -2.22. The molecule has 0 spiro atoms. The second kappa shape index (κ2) is 7.33. The summed E-state index contributed by atoms with van der Waals surface area (Å²) in [4.78, 5) is 4.06. The maximum absolute atomic E-state index is 8.86.